The monoisotopic (exact) mass is 191 g/mol. The van der Waals surface area contributed by atoms with Crippen LogP contribution in [-0.2, 0) is 6.42 Å². The second-order valence-corrected chi connectivity index (χ2v) is 4.25. The van der Waals surface area contributed by atoms with Gasteiger partial charge in [-0.25, -0.2) is 0 Å². The van der Waals surface area contributed by atoms with Crippen molar-refractivity contribution in [2.24, 2.45) is 0 Å². The molecule has 1 aliphatic heterocycles. The fraction of sp³-hybridized carbons (Fsp3) is 0.583. The second-order valence-electron chi connectivity index (χ2n) is 4.25. The summed E-state index contributed by atoms with van der Waals surface area (Å²) < 4.78 is 0. The first-order valence-corrected chi connectivity index (χ1v) is 5.60. The Morgan fingerprint density at radius 1 is 1.50 bits per heavy atom. The zero-order valence-electron chi connectivity index (χ0n) is 8.87. The molecule has 1 atom stereocenters. The molecule has 2 heterocycles. The average molecular weight is 191 g/mol. The number of nitrogens with two attached hydrogens (primary N) is 1. The zero-order valence-corrected chi connectivity index (χ0v) is 8.87. The highest BCUT2D eigenvalue weighted by Gasteiger charge is 2.17. The van der Waals surface area contributed by atoms with Gasteiger partial charge in [0.1, 0.15) is 0 Å². The molecular formula is C12H19N2+. The summed E-state index contributed by atoms with van der Waals surface area (Å²) in [5, 5.41) is 2.48. The van der Waals surface area contributed by atoms with Crippen molar-refractivity contribution in [3.8, 4) is 0 Å². The Morgan fingerprint density at radius 3 is 3.14 bits per heavy atom. The topological polar surface area (TPSA) is 29.5 Å². The standard InChI is InChI=1S/C12H18N2/c1-10-5-4-8-14-12(10)9-11-6-2-3-7-13-11/h4-5,8,11,13H,2-3,6-7,9H2,1H3/p+1/t11-/m0/s1. The predicted molar refractivity (Wildman–Crippen MR) is 57.1 cm³/mol. The molecule has 1 fully saturated rings. The Bertz CT molecular complexity index is 290. The van der Waals surface area contributed by atoms with Crippen molar-refractivity contribution in [1.29, 1.82) is 0 Å². The van der Waals surface area contributed by atoms with Crippen LogP contribution >= 0.6 is 0 Å². The summed E-state index contributed by atoms with van der Waals surface area (Å²) in [7, 11) is 0. The lowest BCUT2D eigenvalue weighted by molar-refractivity contribution is -0.697. The summed E-state index contributed by atoms with van der Waals surface area (Å²) in [5.74, 6) is 0. The van der Waals surface area contributed by atoms with E-state index in [1.807, 2.05) is 12.3 Å². The number of hydrogen-bond donors (Lipinski definition) is 1. The lowest BCUT2D eigenvalue weighted by Gasteiger charge is -2.20. The van der Waals surface area contributed by atoms with Gasteiger partial charge in [0.15, 0.2) is 0 Å². The molecule has 2 nitrogen and oxygen atoms in total. The average Bonchev–Trinajstić information content (AvgIpc) is 2.23. The van der Waals surface area contributed by atoms with Crippen LogP contribution in [-0.4, -0.2) is 17.6 Å². The Balaban J connectivity index is 1.99. The third-order valence-electron chi connectivity index (χ3n) is 3.10. The minimum atomic E-state index is 0.775. The van der Waals surface area contributed by atoms with E-state index in [1.165, 1.54) is 37.1 Å². The molecule has 2 N–H and O–H groups in total. The van der Waals surface area contributed by atoms with E-state index in [2.05, 4.69) is 23.3 Å². The van der Waals surface area contributed by atoms with Crippen molar-refractivity contribution >= 4 is 0 Å². The second kappa shape index (κ2) is 4.56. The van der Waals surface area contributed by atoms with E-state index in [4.69, 9.17) is 0 Å². The van der Waals surface area contributed by atoms with E-state index < -0.39 is 0 Å². The number of rotatable bonds is 2. The Hall–Kier alpha value is -0.890. The van der Waals surface area contributed by atoms with E-state index in [-0.39, 0.29) is 0 Å². The first-order valence-electron chi connectivity index (χ1n) is 5.60. The van der Waals surface area contributed by atoms with Gasteiger partial charge in [0.2, 0.25) is 0 Å². The third-order valence-corrected chi connectivity index (χ3v) is 3.10. The molecule has 2 heteroatoms. The van der Waals surface area contributed by atoms with Crippen LogP contribution in [0.1, 0.15) is 30.5 Å². The summed E-state index contributed by atoms with van der Waals surface area (Å²) in [6.45, 7) is 3.46. The maximum Gasteiger partial charge on any atom is 0.0915 e. The van der Waals surface area contributed by atoms with Gasteiger partial charge < -0.3 is 5.32 Å². The summed E-state index contributed by atoms with van der Waals surface area (Å²) in [4.78, 5) is 4.45. The van der Waals surface area contributed by atoms with Crippen LogP contribution in [0.15, 0.2) is 18.3 Å². The van der Waals surface area contributed by atoms with Gasteiger partial charge in [-0.1, -0.05) is 6.07 Å². The summed E-state index contributed by atoms with van der Waals surface area (Å²) in [6.07, 6.45) is 7.19. The molecule has 0 unspecified atom stereocenters. The van der Waals surface area contributed by atoms with E-state index in [0.29, 0.717) is 0 Å². The van der Waals surface area contributed by atoms with Gasteiger partial charge in [-0.15, -0.1) is 0 Å². The number of aryl methyl sites for hydroxylation is 1. The molecule has 1 saturated heterocycles. The highest BCUT2D eigenvalue weighted by atomic mass is 14.9. The third kappa shape index (κ3) is 2.32. The van der Waals surface area contributed by atoms with Gasteiger partial charge in [-0.3, -0.25) is 4.98 Å². The van der Waals surface area contributed by atoms with Crippen LogP contribution in [0.4, 0.5) is 0 Å². The summed E-state index contributed by atoms with van der Waals surface area (Å²) >= 11 is 0. The molecule has 0 amide bonds. The molecule has 76 valence electrons. The number of hydrogen-bond acceptors (Lipinski definition) is 1. The number of quaternary nitrogens is 1. The fourth-order valence-electron chi connectivity index (χ4n) is 2.19. The van der Waals surface area contributed by atoms with Gasteiger partial charge in [0.25, 0.3) is 0 Å². The Labute approximate surface area is 85.7 Å². The van der Waals surface area contributed by atoms with Crippen LogP contribution in [0.3, 0.4) is 0 Å². The number of aromatic nitrogens is 1. The van der Waals surface area contributed by atoms with Crippen LogP contribution < -0.4 is 5.32 Å². The summed E-state index contributed by atoms with van der Waals surface area (Å²) in [5.41, 5.74) is 2.63. The number of piperidine rings is 1. The van der Waals surface area contributed by atoms with E-state index in [0.717, 1.165) is 12.5 Å². The molecule has 0 spiro atoms. The normalized spacial score (nSPS) is 22.2. The lowest BCUT2D eigenvalue weighted by atomic mass is 9.99. The maximum atomic E-state index is 4.45. The van der Waals surface area contributed by atoms with Gasteiger partial charge in [-0.2, -0.15) is 0 Å². The van der Waals surface area contributed by atoms with Crippen molar-refractivity contribution in [2.45, 2.75) is 38.6 Å². The van der Waals surface area contributed by atoms with Crippen molar-refractivity contribution in [1.82, 2.24) is 4.98 Å². The van der Waals surface area contributed by atoms with Crippen molar-refractivity contribution in [3.05, 3.63) is 29.6 Å². The van der Waals surface area contributed by atoms with Crippen molar-refractivity contribution < 1.29 is 5.32 Å². The molecule has 0 aliphatic carbocycles. The van der Waals surface area contributed by atoms with E-state index in [9.17, 15) is 0 Å². The lowest BCUT2D eigenvalue weighted by Crippen LogP contribution is -2.91. The van der Waals surface area contributed by atoms with Gasteiger partial charge in [0, 0.05) is 18.3 Å². The SMILES string of the molecule is Cc1cccnc1C[C@@H]1CCCC[NH2+]1. The Kier molecular flexibility index (Phi) is 3.14. The first-order chi connectivity index (χ1) is 6.86. The molecule has 2 rings (SSSR count). The largest absolute Gasteiger partial charge is 0.343 e. The van der Waals surface area contributed by atoms with Crippen molar-refractivity contribution in [2.75, 3.05) is 6.54 Å². The maximum absolute atomic E-state index is 4.45. The van der Waals surface area contributed by atoms with Crippen LogP contribution in [0.2, 0.25) is 0 Å². The van der Waals surface area contributed by atoms with E-state index >= 15 is 0 Å². The smallest absolute Gasteiger partial charge is 0.0915 e. The number of nitrogens with zero attached hydrogens (tertiary/aromatic N) is 1. The van der Waals surface area contributed by atoms with E-state index in [1.54, 1.807) is 0 Å². The van der Waals surface area contributed by atoms with Crippen LogP contribution in [0, 0.1) is 6.92 Å². The molecular weight excluding hydrogens is 172 g/mol. The van der Waals surface area contributed by atoms with Crippen LogP contribution in [0.5, 0.6) is 0 Å². The highest BCUT2D eigenvalue weighted by molar-refractivity contribution is 5.18. The molecule has 1 aromatic heterocycles. The van der Waals surface area contributed by atoms with Gasteiger partial charge in [0.05, 0.1) is 12.6 Å². The molecule has 0 saturated carbocycles. The number of pyridine rings is 1. The molecule has 0 bridgehead atoms. The highest BCUT2D eigenvalue weighted by Crippen LogP contribution is 2.09. The predicted octanol–water partition coefficient (Wildman–Crippen LogP) is 1.05. The molecule has 0 radical (unpaired) electrons. The quantitative estimate of drug-likeness (QED) is 0.744. The van der Waals surface area contributed by atoms with Gasteiger partial charge in [-0.05, 0) is 37.8 Å². The minimum absolute atomic E-state index is 0.775. The first kappa shape index (κ1) is 9.66. The van der Waals surface area contributed by atoms with Gasteiger partial charge >= 0.3 is 0 Å². The fourth-order valence-corrected chi connectivity index (χ4v) is 2.19. The molecule has 1 aliphatic rings. The molecule has 0 aromatic carbocycles. The minimum Gasteiger partial charge on any atom is -0.343 e. The molecule has 14 heavy (non-hydrogen) atoms. The van der Waals surface area contributed by atoms with Crippen molar-refractivity contribution in [3.63, 3.8) is 0 Å². The zero-order chi connectivity index (χ0) is 9.80. The van der Waals surface area contributed by atoms with Crippen LogP contribution in [0.25, 0.3) is 0 Å². The Morgan fingerprint density at radius 2 is 2.43 bits per heavy atom. The molecule has 1 aromatic rings. The summed E-state index contributed by atoms with van der Waals surface area (Å²) in [6, 6.07) is 4.95.